The second-order valence-electron chi connectivity index (χ2n) is 6.86. The van der Waals surface area contributed by atoms with Gasteiger partial charge in [-0.25, -0.2) is 4.79 Å². The Labute approximate surface area is 144 Å². The first-order valence-electron chi connectivity index (χ1n) is 8.38. The maximum absolute atomic E-state index is 12.0. The summed E-state index contributed by atoms with van der Waals surface area (Å²) in [7, 11) is 1.64. The summed E-state index contributed by atoms with van der Waals surface area (Å²) in [6.07, 6.45) is 2.92. The van der Waals surface area contributed by atoms with E-state index in [2.05, 4.69) is 10.6 Å². The van der Waals surface area contributed by atoms with Gasteiger partial charge in [0.2, 0.25) is 11.8 Å². The lowest BCUT2D eigenvalue weighted by Crippen LogP contribution is -2.50. The molecule has 7 nitrogen and oxygen atoms in total. The number of esters is 1. The summed E-state index contributed by atoms with van der Waals surface area (Å²) in [4.78, 5) is 35.6. The van der Waals surface area contributed by atoms with Gasteiger partial charge in [-0.1, -0.05) is 6.42 Å². The molecule has 0 fully saturated rings. The first-order chi connectivity index (χ1) is 11.1. The summed E-state index contributed by atoms with van der Waals surface area (Å²) in [6, 6.07) is -1.48. The monoisotopic (exact) mass is 344 g/mol. The molecule has 0 aliphatic carbocycles. The number of methoxy groups -OCH3 is 1. The molecule has 7 heteroatoms. The molecule has 2 atom stereocenters. The zero-order valence-electron chi connectivity index (χ0n) is 15.7. The van der Waals surface area contributed by atoms with Gasteiger partial charge in [0.25, 0.3) is 0 Å². The smallest absolute Gasteiger partial charge is 0.328 e. The zero-order chi connectivity index (χ0) is 18.8. The third-order valence-corrected chi connectivity index (χ3v) is 3.14. The van der Waals surface area contributed by atoms with Crippen molar-refractivity contribution in [2.24, 2.45) is 0 Å². The molecule has 24 heavy (non-hydrogen) atoms. The van der Waals surface area contributed by atoms with Crippen molar-refractivity contribution in [1.82, 2.24) is 10.6 Å². The summed E-state index contributed by atoms with van der Waals surface area (Å²) in [5.41, 5.74) is -0.612. The highest BCUT2D eigenvalue weighted by molar-refractivity contribution is 5.90. The molecular weight excluding hydrogens is 312 g/mol. The minimum atomic E-state index is -0.773. The first-order valence-corrected chi connectivity index (χ1v) is 8.38. The standard InChI is InChI=1S/C17H32N2O5/c1-12(18-14(20)10-8-7-9-11-23-6)15(21)19-13(2)16(22)24-17(3,4)5/h12-13H,7-11H2,1-6H3,(H,18,20)(H,19,21)/t12-,13-/m0/s1. The Morgan fingerprint density at radius 3 is 2.12 bits per heavy atom. The van der Waals surface area contributed by atoms with E-state index in [9.17, 15) is 14.4 Å². The number of unbranched alkanes of at least 4 members (excludes halogenated alkanes) is 2. The van der Waals surface area contributed by atoms with Crippen LogP contribution in [0.25, 0.3) is 0 Å². The fourth-order valence-electron chi connectivity index (χ4n) is 1.88. The van der Waals surface area contributed by atoms with E-state index in [1.807, 2.05) is 0 Å². The Hall–Kier alpha value is -1.63. The minimum absolute atomic E-state index is 0.181. The fraction of sp³-hybridized carbons (Fsp3) is 0.824. The highest BCUT2D eigenvalue weighted by Crippen LogP contribution is 2.08. The summed E-state index contributed by atoms with van der Waals surface area (Å²) in [5.74, 6) is -1.10. The van der Waals surface area contributed by atoms with Gasteiger partial charge in [-0.2, -0.15) is 0 Å². The lowest BCUT2D eigenvalue weighted by atomic mass is 10.1. The first kappa shape index (κ1) is 22.4. The minimum Gasteiger partial charge on any atom is -0.458 e. The highest BCUT2D eigenvalue weighted by Gasteiger charge is 2.25. The van der Waals surface area contributed by atoms with E-state index in [4.69, 9.17) is 9.47 Å². The molecule has 0 aromatic carbocycles. The van der Waals surface area contributed by atoms with Gasteiger partial charge in [0.1, 0.15) is 17.7 Å². The molecule has 0 rings (SSSR count). The summed E-state index contributed by atoms with van der Waals surface area (Å²) in [5, 5.41) is 5.18. The van der Waals surface area contributed by atoms with E-state index in [0.29, 0.717) is 13.0 Å². The zero-order valence-corrected chi connectivity index (χ0v) is 15.7. The van der Waals surface area contributed by atoms with Crippen molar-refractivity contribution in [2.45, 2.75) is 78.0 Å². The molecule has 0 spiro atoms. The van der Waals surface area contributed by atoms with Gasteiger partial charge in [-0.15, -0.1) is 0 Å². The molecule has 0 aliphatic heterocycles. The quantitative estimate of drug-likeness (QED) is 0.463. The van der Waals surface area contributed by atoms with E-state index in [1.54, 1.807) is 41.7 Å². The van der Waals surface area contributed by atoms with Crippen molar-refractivity contribution in [3.63, 3.8) is 0 Å². The van der Waals surface area contributed by atoms with Gasteiger partial charge in [-0.3, -0.25) is 9.59 Å². The molecule has 140 valence electrons. The van der Waals surface area contributed by atoms with Crippen LogP contribution in [-0.4, -0.2) is 49.2 Å². The number of hydrogen-bond acceptors (Lipinski definition) is 5. The molecule has 0 aliphatic rings. The molecule has 0 saturated carbocycles. The van der Waals surface area contributed by atoms with Crippen LogP contribution in [0.2, 0.25) is 0 Å². The van der Waals surface area contributed by atoms with Crippen LogP contribution in [0.1, 0.15) is 60.3 Å². The normalized spacial score (nSPS) is 13.8. The highest BCUT2D eigenvalue weighted by atomic mass is 16.6. The van der Waals surface area contributed by atoms with E-state index in [-0.39, 0.29) is 5.91 Å². The number of carbonyl (C=O) groups is 3. The van der Waals surface area contributed by atoms with Crippen molar-refractivity contribution in [1.29, 1.82) is 0 Å². The van der Waals surface area contributed by atoms with Crippen LogP contribution in [0.5, 0.6) is 0 Å². The predicted molar refractivity (Wildman–Crippen MR) is 91.4 cm³/mol. The molecule has 0 heterocycles. The van der Waals surface area contributed by atoms with Crippen LogP contribution < -0.4 is 10.6 Å². The molecule has 0 aromatic heterocycles. The van der Waals surface area contributed by atoms with Crippen molar-refractivity contribution >= 4 is 17.8 Å². The third kappa shape index (κ3) is 11.0. The van der Waals surface area contributed by atoms with Crippen LogP contribution in [0, 0.1) is 0 Å². The lowest BCUT2D eigenvalue weighted by Gasteiger charge is -2.23. The second kappa shape index (κ2) is 11.0. The average Bonchev–Trinajstić information content (AvgIpc) is 2.44. The molecule has 0 unspecified atom stereocenters. The van der Waals surface area contributed by atoms with E-state index in [0.717, 1.165) is 19.3 Å². The number of nitrogens with one attached hydrogen (secondary N) is 2. The Kier molecular flexibility index (Phi) is 10.3. The van der Waals surface area contributed by atoms with Crippen molar-refractivity contribution in [3.8, 4) is 0 Å². The molecule has 0 radical (unpaired) electrons. The third-order valence-electron chi connectivity index (χ3n) is 3.14. The number of rotatable bonds is 10. The van der Waals surface area contributed by atoms with Gasteiger partial charge in [0, 0.05) is 20.1 Å². The maximum Gasteiger partial charge on any atom is 0.328 e. The summed E-state index contributed by atoms with van der Waals surface area (Å²) >= 11 is 0. The average molecular weight is 344 g/mol. The van der Waals surface area contributed by atoms with Gasteiger partial charge >= 0.3 is 5.97 Å². The molecular formula is C17H32N2O5. The van der Waals surface area contributed by atoms with E-state index >= 15 is 0 Å². The van der Waals surface area contributed by atoms with Gasteiger partial charge < -0.3 is 20.1 Å². The fourth-order valence-corrected chi connectivity index (χ4v) is 1.88. The molecule has 2 amide bonds. The lowest BCUT2D eigenvalue weighted by molar-refractivity contribution is -0.158. The van der Waals surface area contributed by atoms with Crippen LogP contribution in [-0.2, 0) is 23.9 Å². The molecule has 0 aromatic rings. The van der Waals surface area contributed by atoms with Gasteiger partial charge in [0.05, 0.1) is 0 Å². The summed E-state index contributed by atoms with van der Waals surface area (Å²) < 4.78 is 10.1. The maximum atomic E-state index is 12.0. The van der Waals surface area contributed by atoms with Crippen LogP contribution in [0.3, 0.4) is 0 Å². The number of hydrogen-bond donors (Lipinski definition) is 2. The summed E-state index contributed by atoms with van der Waals surface area (Å²) in [6.45, 7) is 9.10. The largest absolute Gasteiger partial charge is 0.458 e. The Balaban J connectivity index is 4.13. The van der Waals surface area contributed by atoms with Crippen molar-refractivity contribution in [2.75, 3.05) is 13.7 Å². The SMILES string of the molecule is COCCCCCC(=O)N[C@@H](C)C(=O)N[C@@H](C)C(=O)OC(C)(C)C. The predicted octanol–water partition coefficient (Wildman–Crippen LogP) is 1.54. The Bertz CT molecular complexity index is 418. The van der Waals surface area contributed by atoms with E-state index < -0.39 is 29.6 Å². The van der Waals surface area contributed by atoms with Crippen molar-refractivity contribution in [3.05, 3.63) is 0 Å². The van der Waals surface area contributed by atoms with E-state index in [1.165, 1.54) is 0 Å². The van der Waals surface area contributed by atoms with Gasteiger partial charge in [0.15, 0.2) is 0 Å². The Morgan fingerprint density at radius 2 is 1.58 bits per heavy atom. The van der Waals surface area contributed by atoms with Crippen molar-refractivity contribution < 1.29 is 23.9 Å². The number of carbonyl (C=O) groups excluding carboxylic acids is 3. The Morgan fingerprint density at radius 1 is 0.958 bits per heavy atom. The molecule has 2 N–H and O–H groups in total. The topological polar surface area (TPSA) is 93.7 Å². The number of ether oxygens (including phenoxy) is 2. The van der Waals surface area contributed by atoms with Gasteiger partial charge in [-0.05, 0) is 47.5 Å². The molecule has 0 bridgehead atoms. The van der Waals surface area contributed by atoms with Crippen LogP contribution in [0.4, 0.5) is 0 Å². The second-order valence-corrected chi connectivity index (χ2v) is 6.86. The van der Waals surface area contributed by atoms with Crippen LogP contribution in [0.15, 0.2) is 0 Å². The number of amides is 2. The molecule has 0 saturated heterocycles. The van der Waals surface area contributed by atoms with Crippen LogP contribution >= 0.6 is 0 Å².